The first-order valence-corrected chi connectivity index (χ1v) is 3.54. The Bertz CT molecular complexity index is 227. The maximum atomic E-state index is 5.43. The molecule has 1 aromatic heterocycles. The van der Waals surface area contributed by atoms with Gasteiger partial charge in [0.2, 0.25) is 0 Å². The summed E-state index contributed by atoms with van der Waals surface area (Å²) in [6.45, 7) is 0.478. The highest BCUT2D eigenvalue weighted by Crippen LogP contribution is 2.40. The van der Waals surface area contributed by atoms with Crippen LogP contribution in [0.1, 0.15) is 30.2 Å². The molecular formula is C7H10N2O. The van der Waals surface area contributed by atoms with Crippen LogP contribution < -0.4 is 5.73 Å². The number of rotatable bonds is 2. The molecule has 0 amide bonds. The van der Waals surface area contributed by atoms with Gasteiger partial charge < -0.3 is 10.2 Å². The molecule has 1 heterocycles. The lowest BCUT2D eigenvalue weighted by molar-refractivity contribution is 0.503. The summed E-state index contributed by atoms with van der Waals surface area (Å²) in [7, 11) is 0. The Labute approximate surface area is 59.2 Å². The van der Waals surface area contributed by atoms with Gasteiger partial charge in [-0.2, -0.15) is 0 Å². The molecule has 1 aliphatic carbocycles. The highest BCUT2D eigenvalue weighted by Gasteiger charge is 2.28. The van der Waals surface area contributed by atoms with E-state index in [9.17, 15) is 0 Å². The Hall–Kier alpha value is -0.830. The molecule has 0 aromatic carbocycles. The summed E-state index contributed by atoms with van der Waals surface area (Å²) in [6.07, 6.45) is 3.98. The molecule has 3 nitrogen and oxygen atoms in total. The van der Waals surface area contributed by atoms with Crippen LogP contribution in [0, 0.1) is 0 Å². The largest absolute Gasteiger partial charge is 0.447 e. The van der Waals surface area contributed by atoms with E-state index in [0.717, 1.165) is 11.5 Å². The van der Waals surface area contributed by atoms with Gasteiger partial charge in [0, 0.05) is 5.92 Å². The van der Waals surface area contributed by atoms with Crippen LogP contribution in [0.3, 0.4) is 0 Å². The molecule has 1 aromatic rings. The van der Waals surface area contributed by atoms with Gasteiger partial charge in [-0.1, -0.05) is 0 Å². The second-order valence-electron chi connectivity index (χ2n) is 2.64. The van der Waals surface area contributed by atoms with Gasteiger partial charge in [0.05, 0.1) is 12.2 Å². The van der Waals surface area contributed by atoms with Crippen LogP contribution in [0.25, 0.3) is 0 Å². The number of hydrogen-bond acceptors (Lipinski definition) is 3. The van der Waals surface area contributed by atoms with Crippen molar-refractivity contribution in [3.63, 3.8) is 0 Å². The Morgan fingerprint density at radius 3 is 3.10 bits per heavy atom. The fraction of sp³-hybridized carbons (Fsp3) is 0.571. The van der Waals surface area contributed by atoms with Gasteiger partial charge in [-0.15, -0.1) is 0 Å². The summed E-state index contributed by atoms with van der Waals surface area (Å²) < 4.78 is 5.08. The Morgan fingerprint density at radius 2 is 2.50 bits per heavy atom. The lowest BCUT2D eigenvalue weighted by Crippen LogP contribution is -1.97. The third kappa shape index (κ3) is 0.827. The molecule has 54 valence electrons. The van der Waals surface area contributed by atoms with Crippen LogP contribution in [0.15, 0.2) is 10.8 Å². The van der Waals surface area contributed by atoms with Crippen molar-refractivity contribution in [2.75, 3.05) is 0 Å². The second kappa shape index (κ2) is 2.09. The van der Waals surface area contributed by atoms with Gasteiger partial charge >= 0.3 is 0 Å². The van der Waals surface area contributed by atoms with Crippen LogP contribution >= 0.6 is 0 Å². The molecule has 1 aliphatic rings. The Kier molecular flexibility index (Phi) is 1.24. The van der Waals surface area contributed by atoms with E-state index >= 15 is 0 Å². The molecule has 2 N–H and O–H groups in total. The third-order valence-electron chi connectivity index (χ3n) is 1.82. The van der Waals surface area contributed by atoms with Crippen LogP contribution in [-0.4, -0.2) is 4.98 Å². The van der Waals surface area contributed by atoms with E-state index in [2.05, 4.69) is 4.98 Å². The minimum atomic E-state index is 0.478. The van der Waals surface area contributed by atoms with Gasteiger partial charge in [-0.25, -0.2) is 4.98 Å². The summed E-state index contributed by atoms with van der Waals surface area (Å²) >= 11 is 0. The number of aromatic nitrogens is 1. The summed E-state index contributed by atoms with van der Waals surface area (Å²) in [5.41, 5.74) is 6.51. The van der Waals surface area contributed by atoms with Crippen LogP contribution in [-0.2, 0) is 6.54 Å². The zero-order valence-corrected chi connectivity index (χ0v) is 5.71. The van der Waals surface area contributed by atoms with E-state index in [1.165, 1.54) is 19.2 Å². The van der Waals surface area contributed by atoms with Crippen molar-refractivity contribution in [2.45, 2.75) is 25.3 Å². The molecule has 0 bridgehead atoms. The normalized spacial score (nSPS) is 17.7. The quantitative estimate of drug-likeness (QED) is 0.663. The van der Waals surface area contributed by atoms with Crippen molar-refractivity contribution in [1.82, 2.24) is 4.98 Å². The van der Waals surface area contributed by atoms with Gasteiger partial charge in [0.15, 0.2) is 6.39 Å². The monoisotopic (exact) mass is 138 g/mol. The molecule has 0 radical (unpaired) electrons. The second-order valence-corrected chi connectivity index (χ2v) is 2.64. The van der Waals surface area contributed by atoms with Crippen molar-refractivity contribution in [3.05, 3.63) is 17.8 Å². The highest BCUT2D eigenvalue weighted by atomic mass is 16.3. The lowest BCUT2D eigenvalue weighted by atomic mass is 10.2. The number of nitrogens with two attached hydrogens (primary N) is 1. The van der Waals surface area contributed by atoms with Crippen molar-refractivity contribution >= 4 is 0 Å². The first-order valence-electron chi connectivity index (χ1n) is 3.54. The first kappa shape index (κ1) is 5.92. The molecule has 0 saturated heterocycles. The maximum absolute atomic E-state index is 5.43. The topological polar surface area (TPSA) is 52.0 Å². The molecule has 0 aliphatic heterocycles. The Balaban J connectivity index is 2.28. The van der Waals surface area contributed by atoms with E-state index in [1.807, 2.05) is 0 Å². The summed E-state index contributed by atoms with van der Waals surface area (Å²) in [5, 5.41) is 0. The van der Waals surface area contributed by atoms with Crippen molar-refractivity contribution in [3.8, 4) is 0 Å². The molecular weight excluding hydrogens is 128 g/mol. The number of oxazole rings is 1. The average Bonchev–Trinajstić information content (AvgIpc) is 2.69. The zero-order valence-electron chi connectivity index (χ0n) is 5.71. The molecule has 2 rings (SSSR count). The SMILES string of the molecule is NCc1ocnc1C1CC1. The van der Waals surface area contributed by atoms with E-state index in [1.54, 1.807) is 0 Å². The average molecular weight is 138 g/mol. The van der Waals surface area contributed by atoms with Crippen molar-refractivity contribution < 1.29 is 4.42 Å². The minimum absolute atomic E-state index is 0.478. The van der Waals surface area contributed by atoms with Gasteiger partial charge in [-0.05, 0) is 12.8 Å². The summed E-state index contributed by atoms with van der Waals surface area (Å²) in [5.74, 6) is 1.51. The van der Waals surface area contributed by atoms with E-state index in [4.69, 9.17) is 10.2 Å². The molecule has 0 spiro atoms. The molecule has 0 unspecified atom stereocenters. The zero-order chi connectivity index (χ0) is 6.97. The van der Waals surface area contributed by atoms with Crippen LogP contribution in [0.4, 0.5) is 0 Å². The van der Waals surface area contributed by atoms with Gasteiger partial charge in [0.1, 0.15) is 5.76 Å². The fourth-order valence-corrected chi connectivity index (χ4v) is 1.12. The predicted molar refractivity (Wildman–Crippen MR) is 36.4 cm³/mol. The van der Waals surface area contributed by atoms with Crippen molar-refractivity contribution in [1.29, 1.82) is 0 Å². The summed E-state index contributed by atoms with van der Waals surface area (Å²) in [4.78, 5) is 4.10. The number of nitrogens with zero attached hydrogens (tertiary/aromatic N) is 1. The van der Waals surface area contributed by atoms with E-state index < -0.39 is 0 Å². The van der Waals surface area contributed by atoms with Gasteiger partial charge in [-0.3, -0.25) is 0 Å². The van der Waals surface area contributed by atoms with Crippen LogP contribution in [0.5, 0.6) is 0 Å². The molecule has 1 fully saturated rings. The molecule has 3 heteroatoms. The van der Waals surface area contributed by atoms with Crippen molar-refractivity contribution in [2.24, 2.45) is 5.73 Å². The highest BCUT2D eigenvalue weighted by molar-refractivity contribution is 5.17. The molecule has 0 atom stereocenters. The predicted octanol–water partition coefficient (Wildman–Crippen LogP) is 1.01. The molecule has 10 heavy (non-hydrogen) atoms. The van der Waals surface area contributed by atoms with Crippen LogP contribution in [0.2, 0.25) is 0 Å². The number of hydrogen-bond donors (Lipinski definition) is 1. The minimum Gasteiger partial charge on any atom is -0.447 e. The smallest absolute Gasteiger partial charge is 0.181 e. The summed E-state index contributed by atoms with van der Waals surface area (Å²) in [6, 6.07) is 0. The molecule has 1 saturated carbocycles. The van der Waals surface area contributed by atoms with E-state index in [-0.39, 0.29) is 0 Å². The maximum Gasteiger partial charge on any atom is 0.181 e. The third-order valence-corrected chi connectivity index (χ3v) is 1.82. The van der Waals surface area contributed by atoms with E-state index in [0.29, 0.717) is 12.5 Å². The first-order chi connectivity index (χ1) is 4.92. The Morgan fingerprint density at radius 1 is 1.70 bits per heavy atom. The lowest BCUT2D eigenvalue weighted by Gasteiger charge is -1.91. The van der Waals surface area contributed by atoms with Gasteiger partial charge in [0.25, 0.3) is 0 Å². The fourth-order valence-electron chi connectivity index (χ4n) is 1.12. The standard InChI is InChI=1S/C7H10N2O/c8-3-6-7(5-1-2-5)9-4-10-6/h4-5H,1-3,8H2.